The first kappa shape index (κ1) is 24.8. The van der Waals surface area contributed by atoms with Crippen LogP contribution in [0.3, 0.4) is 0 Å². The van der Waals surface area contributed by atoms with Crippen LogP contribution in [0.25, 0.3) is 0 Å². The summed E-state index contributed by atoms with van der Waals surface area (Å²) in [6, 6.07) is 3.66. The van der Waals surface area contributed by atoms with Gasteiger partial charge >= 0.3 is 0 Å². The van der Waals surface area contributed by atoms with E-state index in [4.69, 9.17) is 16.3 Å². The van der Waals surface area contributed by atoms with Crippen LogP contribution >= 0.6 is 11.6 Å². The lowest BCUT2D eigenvalue weighted by Gasteiger charge is -2.34. The summed E-state index contributed by atoms with van der Waals surface area (Å²) < 4.78 is 5.52. The summed E-state index contributed by atoms with van der Waals surface area (Å²) in [7, 11) is 5.34. The van der Waals surface area contributed by atoms with E-state index in [1.54, 1.807) is 20.2 Å². The molecule has 7 nitrogen and oxygen atoms in total. The van der Waals surface area contributed by atoms with E-state index in [2.05, 4.69) is 16.8 Å². The molecular weight excluding hydrogens is 428 g/mol. The van der Waals surface area contributed by atoms with Crippen molar-refractivity contribution in [1.29, 1.82) is 0 Å². The molecule has 0 saturated carbocycles. The van der Waals surface area contributed by atoms with Gasteiger partial charge in [0.15, 0.2) is 0 Å². The average molecular weight is 465 g/mol. The summed E-state index contributed by atoms with van der Waals surface area (Å²) in [4.78, 5) is 35.2. The van der Waals surface area contributed by atoms with Crippen LogP contribution in [-0.2, 0) is 9.53 Å². The van der Waals surface area contributed by atoms with Gasteiger partial charge in [-0.15, -0.1) is 0 Å². The quantitative estimate of drug-likeness (QED) is 0.549. The zero-order valence-corrected chi connectivity index (χ0v) is 20.7. The third-order valence-corrected chi connectivity index (χ3v) is 7.38. The van der Waals surface area contributed by atoms with Gasteiger partial charge in [0.05, 0.1) is 17.6 Å². The van der Waals surface area contributed by atoms with E-state index in [0.29, 0.717) is 24.7 Å². The van der Waals surface area contributed by atoms with Crippen molar-refractivity contribution in [3.63, 3.8) is 0 Å². The Labute approximate surface area is 197 Å². The zero-order valence-electron chi connectivity index (χ0n) is 19.9. The van der Waals surface area contributed by atoms with Gasteiger partial charge in [0.1, 0.15) is 11.0 Å². The fourth-order valence-electron chi connectivity index (χ4n) is 4.78. The van der Waals surface area contributed by atoms with Crippen LogP contribution in [0.2, 0.25) is 5.15 Å². The molecule has 1 aromatic rings. The summed E-state index contributed by atoms with van der Waals surface area (Å²) in [5.41, 5.74) is 0.129. The van der Waals surface area contributed by atoms with Gasteiger partial charge in [0.2, 0.25) is 5.91 Å². The third kappa shape index (κ3) is 5.54. The highest BCUT2D eigenvalue weighted by molar-refractivity contribution is 6.32. The molecule has 3 heterocycles. The number of hydrogen-bond acceptors (Lipinski definition) is 5. The Morgan fingerprint density at radius 3 is 2.53 bits per heavy atom. The van der Waals surface area contributed by atoms with E-state index in [9.17, 15) is 9.59 Å². The van der Waals surface area contributed by atoms with Gasteiger partial charge in [-0.25, -0.2) is 4.98 Å². The largest absolute Gasteiger partial charge is 0.380 e. The minimum atomic E-state index is -0.304. The van der Waals surface area contributed by atoms with Crippen molar-refractivity contribution in [2.75, 3.05) is 58.9 Å². The number of anilines is 1. The number of pyridine rings is 1. The monoisotopic (exact) mass is 464 g/mol. The molecule has 2 amide bonds. The van der Waals surface area contributed by atoms with E-state index in [1.807, 2.05) is 18.0 Å². The summed E-state index contributed by atoms with van der Waals surface area (Å²) in [6.07, 6.45) is 6.04. The zero-order chi connectivity index (χ0) is 23.3. The van der Waals surface area contributed by atoms with Crippen molar-refractivity contribution in [3.8, 4) is 0 Å². The van der Waals surface area contributed by atoms with E-state index in [0.717, 1.165) is 64.0 Å². The standard InChI is InChI=1S/C24H37ClN4O3/c1-5-24(12-16-32-17-24)23(31)28(4)13-6-7-18-10-14-29(15-11-18)20-9-8-19(21(25)26-20)22(30)27(2)3/h8-9,18H,5-7,10-17H2,1-4H3/t24-/m1/s1. The molecular formula is C24H37ClN4O3. The number of carbonyl (C=O) groups is 2. The van der Waals surface area contributed by atoms with Crippen molar-refractivity contribution in [2.45, 2.75) is 45.4 Å². The number of rotatable bonds is 8. The maximum atomic E-state index is 12.9. The lowest BCUT2D eigenvalue weighted by atomic mass is 9.83. The van der Waals surface area contributed by atoms with E-state index >= 15 is 0 Å². The summed E-state index contributed by atoms with van der Waals surface area (Å²) >= 11 is 6.28. The number of nitrogens with zero attached hydrogens (tertiary/aromatic N) is 4. The molecule has 1 aromatic heterocycles. The number of amides is 2. The van der Waals surface area contributed by atoms with Gasteiger partial charge < -0.3 is 19.4 Å². The molecule has 1 atom stereocenters. The van der Waals surface area contributed by atoms with Crippen LogP contribution in [0.1, 0.15) is 55.8 Å². The molecule has 2 aliphatic rings. The molecule has 8 heteroatoms. The van der Waals surface area contributed by atoms with Crippen molar-refractivity contribution in [3.05, 3.63) is 22.8 Å². The highest BCUT2D eigenvalue weighted by atomic mass is 35.5. The van der Waals surface area contributed by atoms with Crippen LogP contribution < -0.4 is 4.90 Å². The number of aromatic nitrogens is 1. The van der Waals surface area contributed by atoms with Crippen molar-refractivity contribution < 1.29 is 14.3 Å². The van der Waals surface area contributed by atoms with Gasteiger partial charge in [-0.05, 0) is 56.6 Å². The molecule has 2 aliphatic heterocycles. The second-order valence-corrected chi connectivity index (χ2v) is 9.80. The smallest absolute Gasteiger partial charge is 0.256 e. The molecule has 0 radical (unpaired) electrons. The summed E-state index contributed by atoms with van der Waals surface area (Å²) in [6.45, 7) is 6.01. The Balaban J connectivity index is 1.44. The molecule has 2 fully saturated rings. The molecule has 178 valence electrons. The van der Waals surface area contributed by atoms with Crippen LogP contribution in [-0.4, -0.2) is 80.6 Å². The maximum absolute atomic E-state index is 12.9. The number of carbonyl (C=O) groups excluding carboxylic acids is 2. The van der Waals surface area contributed by atoms with Crippen LogP contribution in [0.4, 0.5) is 5.82 Å². The first-order valence-corrected chi connectivity index (χ1v) is 12.1. The van der Waals surface area contributed by atoms with Gasteiger partial charge in [0.25, 0.3) is 5.91 Å². The second kappa shape index (κ2) is 10.8. The Kier molecular flexibility index (Phi) is 8.39. The van der Waals surface area contributed by atoms with E-state index < -0.39 is 0 Å². The normalized spacial score (nSPS) is 21.6. The molecule has 0 N–H and O–H groups in total. The van der Waals surface area contributed by atoms with Gasteiger partial charge in [0, 0.05) is 47.4 Å². The molecule has 32 heavy (non-hydrogen) atoms. The third-order valence-electron chi connectivity index (χ3n) is 7.10. The van der Waals surface area contributed by atoms with Crippen LogP contribution in [0, 0.1) is 11.3 Å². The molecule has 0 spiro atoms. The number of piperidine rings is 1. The highest BCUT2D eigenvalue weighted by Gasteiger charge is 2.42. The summed E-state index contributed by atoms with van der Waals surface area (Å²) in [5, 5.41) is 0.258. The SMILES string of the molecule is CC[C@@]1(C(=O)N(C)CCCC2CCN(c3ccc(C(=O)N(C)C)c(Cl)n3)CC2)CCOC1. The lowest BCUT2D eigenvalue weighted by Crippen LogP contribution is -2.42. The predicted octanol–water partition coefficient (Wildman–Crippen LogP) is 3.71. The molecule has 0 bridgehead atoms. The Hall–Kier alpha value is -1.86. The lowest BCUT2D eigenvalue weighted by molar-refractivity contribution is -0.141. The molecule has 0 unspecified atom stereocenters. The average Bonchev–Trinajstić information content (AvgIpc) is 3.28. The first-order chi connectivity index (χ1) is 15.3. The Morgan fingerprint density at radius 2 is 1.97 bits per heavy atom. The minimum Gasteiger partial charge on any atom is -0.380 e. The van der Waals surface area contributed by atoms with Gasteiger partial charge in [-0.2, -0.15) is 0 Å². The number of halogens is 1. The minimum absolute atomic E-state index is 0.137. The summed E-state index contributed by atoms with van der Waals surface area (Å²) in [5.74, 6) is 1.60. The fourth-order valence-corrected chi connectivity index (χ4v) is 5.01. The van der Waals surface area contributed by atoms with Crippen LogP contribution in [0.15, 0.2) is 12.1 Å². The Bertz CT molecular complexity index is 802. The molecule has 2 saturated heterocycles. The topological polar surface area (TPSA) is 66.0 Å². The van der Waals surface area contributed by atoms with Crippen molar-refractivity contribution in [1.82, 2.24) is 14.8 Å². The maximum Gasteiger partial charge on any atom is 0.256 e. The second-order valence-electron chi connectivity index (χ2n) is 9.44. The Morgan fingerprint density at radius 1 is 1.25 bits per heavy atom. The van der Waals surface area contributed by atoms with Gasteiger partial charge in [-0.1, -0.05) is 18.5 Å². The first-order valence-electron chi connectivity index (χ1n) is 11.7. The fraction of sp³-hybridized carbons (Fsp3) is 0.708. The highest BCUT2D eigenvalue weighted by Crippen LogP contribution is 2.34. The number of hydrogen-bond donors (Lipinski definition) is 0. The molecule has 0 aromatic carbocycles. The van der Waals surface area contributed by atoms with E-state index in [1.165, 1.54) is 4.90 Å². The molecule has 0 aliphatic carbocycles. The van der Waals surface area contributed by atoms with Crippen molar-refractivity contribution in [2.24, 2.45) is 11.3 Å². The molecule has 3 rings (SSSR count). The van der Waals surface area contributed by atoms with Gasteiger partial charge in [-0.3, -0.25) is 9.59 Å². The van der Waals surface area contributed by atoms with Crippen LogP contribution in [0.5, 0.6) is 0 Å². The van der Waals surface area contributed by atoms with E-state index in [-0.39, 0.29) is 22.4 Å². The van der Waals surface area contributed by atoms with Crippen molar-refractivity contribution >= 4 is 29.2 Å². The number of ether oxygens (including phenoxy) is 1. The predicted molar refractivity (Wildman–Crippen MR) is 127 cm³/mol.